The Morgan fingerprint density at radius 3 is 2.86 bits per heavy atom. The second-order valence-electron chi connectivity index (χ2n) is 5.61. The fourth-order valence-electron chi connectivity index (χ4n) is 2.35. The van der Waals surface area contributed by atoms with Crippen molar-refractivity contribution < 1.29 is 9.90 Å². The van der Waals surface area contributed by atoms with Gasteiger partial charge >= 0.3 is 6.03 Å². The average Bonchev–Trinajstić information content (AvgIpc) is 2.87. The largest absolute Gasteiger partial charge is 0.387 e. The highest BCUT2D eigenvalue weighted by atomic mass is 32.2. The van der Waals surface area contributed by atoms with Crippen molar-refractivity contribution in [2.75, 3.05) is 23.9 Å². The van der Waals surface area contributed by atoms with Crippen LogP contribution in [-0.4, -0.2) is 39.9 Å². The molecule has 1 aromatic carbocycles. The number of rotatable bonds is 6. The van der Waals surface area contributed by atoms with Gasteiger partial charge in [0.05, 0.1) is 11.1 Å². The summed E-state index contributed by atoms with van der Waals surface area (Å²) in [5.41, 5.74) is 0.926. The molecule has 0 bridgehead atoms. The van der Waals surface area contributed by atoms with E-state index in [-0.39, 0.29) is 12.6 Å². The molecule has 0 aliphatic carbocycles. The van der Waals surface area contributed by atoms with Gasteiger partial charge in [0, 0.05) is 30.7 Å². The molecule has 0 aliphatic rings. The van der Waals surface area contributed by atoms with E-state index in [1.807, 2.05) is 30.7 Å². The molecule has 3 N–H and O–H groups in total. The average molecular weight is 321 g/mol. The molecule has 1 heterocycles. The summed E-state index contributed by atoms with van der Waals surface area (Å²) in [6.45, 7) is 4.90. The number of fused-ring (bicyclic) bond motifs is 1. The molecule has 2 aromatic rings. The minimum atomic E-state index is -0.905. The molecule has 0 fully saturated rings. The van der Waals surface area contributed by atoms with Gasteiger partial charge in [-0.25, -0.2) is 4.79 Å². The van der Waals surface area contributed by atoms with E-state index < -0.39 is 5.60 Å². The zero-order valence-corrected chi connectivity index (χ0v) is 14.0. The fraction of sp³-hybridized carbons (Fsp3) is 0.438. The van der Waals surface area contributed by atoms with Gasteiger partial charge in [-0.3, -0.25) is 0 Å². The zero-order valence-electron chi connectivity index (χ0n) is 13.2. The number of urea groups is 1. The number of hydrogen-bond acceptors (Lipinski definition) is 3. The number of thioether (sulfide) groups is 1. The van der Waals surface area contributed by atoms with Gasteiger partial charge in [0.2, 0.25) is 0 Å². The van der Waals surface area contributed by atoms with Crippen molar-refractivity contribution in [3.05, 3.63) is 30.5 Å². The van der Waals surface area contributed by atoms with Gasteiger partial charge in [-0.2, -0.15) is 11.8 Å². The lowest BCUT2D eigenvalue weighted by Gasteiger charge is -2.22. The first kappa shape index (κ1) is 16.7. The molecule has 6 heteroatoms. The van der Waals surface area contributed by atoms with Crippen molar-refractivity contribution in [1.82, 2.24) is 9.88 Å². The van der Waals surface area contributed by atoms with Gasteiger partial charge in [-0.1, -0.05) is 6.07 Å². The van der Waals surface area contributed by atoms with Crippen LogP contribution in [-0.2, 0) is 6.54 Å². The third-order valence-corrected chi connectivity index (χ3v) is 4.37. The van der Waals surface area contributed by atoms with Crippen LogP contribution in [0.15, 0.2) is 30.5 Å². The predicted molar refractivity (Wildman–Crippen MR) is 93.6 cm³/mol. The van der Waals surface area contributed by atoms with E-state index in [0.29, 0.717) is 5.75 Å². The zero-order chi connectivity index (χ0) is 16.2. The smallest absolute Gasteiger partial charge is 0.319 e. The van der Waals surface area contributed by atoms with Crippen molar-refractivity contribution >= 4 is 34.4 Å². The fourth-order valence-corrected chi connectivity index (χ4v) is 3.07. The molecular weight excluding hydrogens is 298 g/mol. The Morgan fingerprint density at radius 2 is 2.18 bits per heavy atom. The molecule has 0 saturated heterocycles. The number of aromatic nitrogens is 1. The van der Waals surface area contributed by atoms with Crippen LogP contribution in [0.4, 0.5) is 10.5 Å². The highest BCUT2D eigenvalue weighted by Crippen LogP contribution is 2.20. The van der Waals surface area contributed by atoms with Gasteiger partial charge < -0.3 is 20.3 Å². The molecule has 2 amide bonds. The van der Waals surface area contributed by atoms with Crippen LogP contribution in [0, 0.1) is 0 Å². The van der Waals surface area contributed by atoms with Crippen LogP contribution >= 0.6 is 11.8 Å². The van der Waals surface area contributed by atoms with Crippen molar-refractivity contribution in [3.63, 3.8) is 0 Å². The second-order valence-corrected chi connectivity index (χ2v) is 6.48. The quantitative estimate of drug-likeness (QED) is 0.766. The topological polar surface area (TPSA) is 66.3 Å². The number of amides is 2. The number of benzene rings is 1. The minimum Gasteiger partial charge on any atom is -0.387 e. The first-order chi connectivity index (χ1) is 10.4. The lowest BCUT2D eigenvalue weighted by molar-refractivity contribution is 0.0876. The summed E-state index contributed by atoms with van der Waals surface area (Å²) in [6.07, 6.45) is 3.96. The normalized spacial score (nSPS) is 13.8. The molecule has 1 aromatic heterocycles. The lowest BCUT2D eigenvalue weighted by atomic mass is 10.1. The summed E-state index contributed by atoms with van der Waals surface area (Å²) in [7, 11) is 0. The Labute approximate surface area is 135 Å². The summed E-state index contributed by atoms with van der Waals surface area (Å²) in [4.78, 5) is 11.9. The Morgan fingerprint density at radius 1 is 1.41 bits per heavy atom. The first-order valence-electron chi connectivity index (χ1n) is 7.30. The Hall–Kier alpha value is -1.66. The van der Waals surface area contributed by atoms with Gasteiger partial charge in [0.25, 0.3) is 0 Å². The molecule has 0 radical (unpaired) electrons. The molecular formula is C16H23N3O2S. The van der Waals surface area contributed by atoms with E-state index in [1.165, 1.54) is 0 Å². The second kappa shape index (κ2) is 7.07. The summed E-state index contributed by atoms with van der Waals surface area (Å²) in [5.74, 6) is 0.573. The Kier molecular flexibility index (Phi) is 5.37. The highest BCUT2D eigenvalue weighted by Gasteiger charge is 2.20. The number of nitrogens with one attached hydrogen (secondary N) is 2. The third kappa shape index (κ3) is 4.18. The van der Waals surface area contributed by atoms with Crippen molar-refractivity contribution in [2.24, 2.45) is 0 Å². The van der Waals surface area contributed by atoms with Gasteiger partial charge in [-0.15, -0.1) is 0 Å². The standard InChI is InChI=1S/C16H23N3O2S/c1-4-19-8-7-12-5-6-13(9-14(12)19)18-15(20)17-10-16(2,21)11-22-3/h5-9,21H,4,10-11H2,1-3H3,(H2,17,18,20). The monoisotopic (exact) mass is 321 g/mol. The van der Waals surface area contributed by atoms with E-state index in [2.05, 4.69) is 28.2 Å². The van der Waals surface area contributed by atoms with Crippen LogP contribution in [0.2, 0.25) is 0 Å². The molecule has 0 aliphatic heterocycles. The Bertz CT molecular complexity index is 652. The predicted octanol–water partition coefficient (Wildman–Crippen LogP) is 2.90. The first-order valence-corrected chi connectivity index (χ1v) is 8.69. The molecule has 1 atom stereocenters. The summed E-state index contributed by atoms with van der Waals surface area (Å²) >= 11 is 1.55. The van der Waals surface area contributed by atoms with E-state index in [0.717, 1.165) is 23.1 Å². The Balaban J connectivity index is 1.99. The van der Waals surface area contributed by atoms with Gasteiger partial charge in [0.15, 0.2) is 0 Å². The van der Waals surface area contributed by atoms with Crippen LogP contribution in [0.5, 0.6) is 0 Å². The van der Waals surface area contributed by atoms with Crippen molar-refractivity contribution in [3.8, 4) is 0 Å². The number of aliphatic hydroxyl groups is 1. The molecule has 1 unspecified atom stereocenters. The summed E-state index contributed by atoms with van der Waals surface area (Å²) in [5, 5.41) is 16.7. The molecule has 2 rings (SSSR count). The minimum absolute atomic E-state index is 0.216. The van der Waals surface area contributed by atoms with Crippen LogP contribution in [0.3, 0.4) is 0 Å². The van der Waals surface area contributed by atoms with Crippen LogP contribution < -0.4 is 10.6 Å². The van der Waals surface area contributed by atoms with E-state index in [4.69, 9.17) is 0 Å². The van der Waals surface area contributed by atoms with Crippen molar-refractivity contribution in [2.45, 2.75) is 26.0 Å². The number of carbonyl (C=O) groups excluding carboxylic acids is 1. The van der Waals surface area contributed by atoms with E-state index in [9.17, 15) is 9.90 Å². The maximum absolute atomic E-state index is 11.9. The van der Waals surface area contributed by atoms with Crippen molar-refractivity contribution in [1.29, 1.82) is 0 Å². The third-order valence-electron chi connectivity index (χ3n) is 3.46. The van der Waals surface area contributed by atoms with Gasteiger partial charge in [0.1, 0.15) is 0 Å². The summed E-state index contributed by atoms with van der Waals surface area (Å²) in [6, 6.07) is 7.57. The molecule has 0 spiro atoms. The molecule has 0 saturated carbocycles. The number of carbonyl (C=O) groups is 1. The van der Waals surface area contributed by atoms with Crippen LogP contribution in [0.25, 0.3) is 10.9 Å². The number of hydrogen-bond donors (Lipinski definition) is 3. The number of anilines is 1. The van der Waals surface area contributed by atoms with E-state index in [1.54, 1.807) is 18.7 Å². The van der Waals surface area contributed by atoms with Crippen LogP contribution in [0.1, 0.15) is 13.8 Å². The van der Waals surface area contributed by atoms with Gasteiger partial charge in [-0.05, 0) is 43.7 Å². The number of aryl methyl sites for hydroxylation is 1. The maximum atomic E-state index is 11.9. The lowest BCUT2D eigenvalue weighted by Crippen LogP contribution is -2.43. The number of nitrogens with zero attached hydrogens (tertiary/aromatic N) is 1. The maximum Gasteiger partial charge on any atom is 0.319 e. The van der Waals surface area contributed by atoms with E-state index >= 15 is 0 Å². The SMILES string of the molecule is CCn1ccc2ccc(NC(=O)NCC(C)(O)CSC)cc21. The summed E-state index contributed by atoms with van der Waals surface area (Å²) < 4.78 is 2.13. The highest BCUT2D eigenvalue weighted by molar-refractivity contribution is 7.98. The molecule has 120 valence electrons. The molecule has 22 heavy (non-hydrogen) atoms. The molecule has 5 nitrogen and oxygen atoms in total.